The molecule has 1 saturated carbocycles. The van der Waals surface area contributed by atoms with E-state index in [1.165, 1.54) is 11.8 Å². The summed E-state index contributed by atoms with van der Waals surface area (Å²) in [5.41, 5.74) is 2.08. The summed E-state index contributed by atoms with van der Waals surface area (Å²) >= 11 is 1.46. The maximum Gasteiger partial charge on any atom is 0.258 e. The molecule has 1 aliphatic carbocycles. The average Bonchev–Trinajstić information content (AvgIpc) is 3.51. The quantitative estimate of drug-likeness (QED) is 0.501. The molecule has 0 atom stereocenters. The molecule has 30 heavy (non-hydrogen) atoms. The maximum atomic E-state index is 13.0. The molecule has 4 aromatic rings. The number of pyridine rings is 1. The van der Waals surface area contributed by atoms with Crippen molar-refractivity contribution < 1.29 is 4.79 Å². The van der Waals surface area contributed by atoms with E-state index in [-0.39, 0.29) is 5.91 Å². The Bertz CT molecular complexity index is 1190. The Labute approximate surface area is 177 Å². The topological polar surface area (TPSA) is 85.6 Å². The average molecular weight is 414 g/mol. The molecule has 1 fully saturated rings. The first kappa shape index (κ1) is 18.5. The van der Waals surface area contributed by atoms with E-state index in [0.29, 0.717) is 22.3 Å². The fourth-order valence-electron chi connectivity index (χ4n) is 3.13. The normalized spacial score (nSPS) is 13.2. The van der Waals surface area contributed by atoms with E-state index >= 15 is 0 Å². The number of nitrogens with zero attached hydrogens (tertiary/aromatic N) is 5. The fourth-order valence-corrected chi connectivity index (χ4v) is 4.03. The van der Waals surface area contributed by atoms with E-state index in [2.05, 4.69) is 25.8 Å². The van der Waals surface area contributed by atoms with Gasteiger partial charge in [-0.25, -0.2) is 9.67 Å². The Morgan fingerprint density at radius 1 is 1.03 bits per heavy atom. The SMILES string of the molecule is O=C(Nc1cccc(-c2nnnn2C2CC2)c1)c1cccnc1Sc1ccccc1. The van der Waals surface area contributed by atoms with Crippen LogP contribution in [0.25, 0.3) is 11.4 Å². The second-order valence-electron chi connectivity index (χ2n) is 6.98. The van der Waals surface area contributed by atoms with Crippen molar-refractivity contribution in [2.75, 3.05) is 5.32 Å². The fraction of sp³-hybridized carbons (Fsp3) is 0.136. The molecule has 7 nitrogen and oxygen atoms in total. The highest BCUT2D eigenvalue weighted by Crippen LogP contribution is 2.37. The summed E-state index contributed by atoms with van der Waals surface area (Å²) < 4.78 is 1.86. The molecule has 1 amide bonds. The third kappa shape index (κ3) is 3.95. The molecule has 0 bridgehead atoms. The van der Waals surface area contributed by atoms with Crippen molar-refractivity contribution in [3.05, 3.63) is 78.5 Å². The highest BCUT2D eigenvalue weighted by atomic mass is 32.2. The van der Waals surface area contributed by atoms with Crippen molar-refractivity contribution in [1.29, 1.82) is 0 Å². The number of carbonyl (C=O) groups excluding carboxylic acids is 1. The Balaban J connectivity index is 1.38. The van der Waals surface area contributed by atoms with Crippen LogP contribution in [-0.2, 0) is 0 Å². The highest BCUT2D eigenvalue weighted by Gasteiger charge is 2.28. The second-order valence-corrected chi connectivity index (χ2v) is 8.05. The Morgan fingerprint density at radius 2 is 1.90 bits per heavy atom. The highest BCUT2D eigenvalue weighted by molar-refractivity contribution is 7.99. The van der Waals surface area contributed by atoms with Crippen molar-refractivity contribution in [2.45, 2.75) is 28.8 Å². The number of hydrogen-bond acceptors (Lipinski definition) is 6. The third-order valence-corrected chi connectivity index (χ3v) is 5.76. The van der Waals surface area contributed by atoms with Gasteiger partial charge in [0.15, 0.2) is 5.82 Å². The van der Waals surface area contributed by atoms with Gasteiger partial charge in [0.2, 0.25) is 0 Å². The summed E-state index contributed by atoms with van der Waals surface area (Å²) in [6.45, 7) is 0. The summed E-state index contributed by atoms with van der Waals surface area (Å²) in [7, 11) is 0. The van der Waals surface area contributed by atoms with E-state index in [4.69, 9.17) is 0 Å². The number of tetrazole rings is 1. The molecule has 1 aliphatic rings. The van der Waals surface area contributed by atoms with Gasteiger partial charge in [-0.2, -0.15) is 0 Å². The van der Waals surface area contributed by atoms with Gasteiger partial charge in [-0.05, 0) is 59.7 Å². The van der Waals surface area contributed by atoms with Crippen LogP contribution in [0.5, 0.6) is 0 Å². The van der Waals surface area contributed by atoms with Gasteiger partial charge in [-0.3, -0.25) is 4.79 Å². The molecule has 8 heteroatoms. The molecule has 0 radical (unpaired) electrons. The zero-order valence-corrected chi connectivity index (χ0v) is 16.8. The van der Waals surface area contributed by atoms with Crippen LogP contribution in [0.4, 0.5) is 5.69 Å². The van der Waals surface area contributed by atoms with E-state index in [0.717, 1.165) is 29.1 Å². The molecule has 2 aromatic carbocycles. The van der Waals surface area contributed by atoms with Gasteiger partial charge < -0.3 is 5.32 Å². The molecular weight excluding hydrogens is 396 g/mol. The standard InChI is InChI=1S/C22H18N6OS/c29-21(19-10-5-13-23-22(19)30-18-8-2-1-3-9-18)24-16-7-4-6-15(14-16)20-25-26-27-28(20)17-11-12-17/h1-10,13-14,17H,11-12H2,(H,24,29). The van der Waals surface area contributed by atoms with Gasteiger partial charge in [0.25, 0.3) is 5.91 Å². The van der Waals surface area contributed by atoms with Gasteiger partial charge in [0.1, 0.15) is 5.03 Å². The molecule has 0 aliphatic heterocycles. The van der Waals surface area contributed by atoms with Gasteiger partial charge >= 0.3 is 0 Å². The lowest BCUT2D eigenvalue weighted by Crippen LogP contribution is -2.13. The van der Waals surface area contributed by atoms with E-state index in [1.54, 1.807) is 18.3 Å². The summed E-state index contributed by atoms with van der Waals surface area (Å²) in [5.74, 6) is 0.510. The Morgan fingerprint density at radius 3 is 2.73 bits per heavy atom. The molecule has 2 aromatic heterocycles. The minimum Gasteiger partial charge on any atom is -0.322 e. The van der Waals surface area contributed by atoms with Gasteiger partial charge in [0, 0.05) is 22.3 Å². The summed E-state index contributed by atoms with van der Waals surface area (Å²) in [6.07, 6.45) is 3.88. The monoisotopic (exact) mass is 414 g/mol. The minimum absolute atomic E-state index is 0.208. The summed E-state index contributed by atoms with van der Waals surface area (Å²) in [5, 5.41) is 15.7. The second kappa shape index (κ2) is 8.08. The molecule has 1 N–H and O–H groups in total. The van der Waals surface area contributed by atoms with E-state index in [9.17, 15) is 4.79 Å². The summed E-state index contributed by atoms with van der Waals surface area (Å²) in [6, 6.07) is 21.4. The smallest absolute Gasteiger partial charge is 0.258 e. The maximum absolute atomic E-state index is 13.0. The predicted molar refractivity (Wildman–Crippen MR) is 114 cm³/mol. The number of carbonyl (C=O) groups is 1. The van der Waals surface area contributed by atoms with Crippen LogP contribution in [0.15, 0.2) is 82.8 Å². The van der Waals surface area contributed by atoms with Crippen molar-refractivity contribution in [3.8, 4) is 11.4 Å². The van der Waals surface area contributed by atoms with Crippen LogP contribution in [0.3, 0.4) is 0 Å². The Kier molecular flexibility index (Phi) is 4.98. The number of aromatic nitrogens is 5. The number of rotatable bonds is 6. The minimum atomic E-state index is -0.208. The first-order valence-corrected chi connectivity index (χ1v) is 10.5. The van der Waals surface area contributed by atoms with E-state index in [1.807, 2.05) is 59.3 Å². The number of amides is 1. The lowest BCUT2D eigenvalue weighted by Gasteiger charge is -2.10. The Hall–Kier alpha value is -3.52. The number of anilines is 1. The third-order valence-electron chi connectivity index (χ3n) is 4.74. The van der Waals surface area contributed by atoms with Gasteiger partial charge in [-0.1, -0.05) is 42.1 Å². The zero-order chi connectivity index (χ0) is 20.3. The van der Waals surface area contributed by atoms with Crippen molar-refractivity contribution in [1.82, 2.24) is 25.2 Å². The first-order chi connectivity index (χ1) is 14.8. The molecule has 0 unspecified atom stereocenters. The lowest BCUT2D eigenvalue weighted by molar-refractivity contribution is 0.102. The zero-order valence-electron chi connectivity index (χ0n) is 16.0. The van der Waals surface area contributed by atoms with Crippen molar-refractivity contribution in [3.63, 3.8) is 0 Å². The molecule has 0 spiro atoms. The lowest BCUT2D eigenvalue weighted by atomic mass is 10.1. The van der Waals surface area contributed by atoms with E-state index < -0.39 is 0 Å². The van der Waals surface area contributed by atoms with Gasteiger partial charge in [0.05, 0.1) is 11.6 Å². The molecule has 2 heterocycles. The van der Waals surface area contributed by atoms with Crippen LogP contribution < -0.4 is 5.32 Å². The molecular formula is C22H18N6OS. The van der Waals surface area contributed by atoms with Crippen molar-refractivity contribution in [2.24, 2.45) is 0 Å². The van der Waals surface area contributed by atoms with Crippen LogP contribution in [0.1, 0.15) is 29.2 Å². The van der Waals surface area contributed by atoms with Crippen molar-refractivity contribution >= 4 is 23.4 Å². The van der Waals surface area contributed by atoms with Crippen LogP contribution in [0, 0.1) is 0 Å². The van der Waals surface area contributed by atoms with Gasteiger partial charge in [-0.15, -0.1) is 5.10 Å². The van der Waals surface area contributed by atoms with Crippen LogP contribution in [-0.4, -0.2) is 31.1 Å². The molecule has 148 valence electrons. The summed E-state index contributed by atoms with van der Waals surface area (Å²) in [4.78, 5) is 18.4. The van der Waals surface area contributed by atoms with Crippen LogP contribution in [0.2, 0.25) is 0 Å². The largest absolute Gasteiger partial charge is 0.322 e. The predicted octanol–water partition coefficient (Wildman–Crippen LogP) is 4.47. The number of nitrogens with one attached hydrogen (secondary N) is 1. The number of benzene rings is 2. The van der Waals surface area contributed by atoms with Crippen LogP contribution >= 0.6 is 11.8 Å². The molecule has 0 saturated heterocycles. The number of hydrogen-bond donors (Lipinski definition) is 1. The molecule has 5 rings (SSSR count). The first-order valence-electron chi connectivity index (χ1n) is 9.65.